The number of imidazole rings is 5. The van der Waals surface area contributed by atoms with Gasteiger partial charge in [-0.25, -0.2) is 24.9 Å². The average Bonchev–Trinajstić information content (AvgIpc) is 4.21. The molecule has 0 atom stereocenters. The molecule has 0 bridgehead atoms. The highest BCUT2D eigenvalue weighted by Crippen LogP contribution is 2.19. The number of halogens is 1. The summed E-state index contributed by atoms with van der Waals surface area (Å²) in [6.07, 6.45) is 23.9. The Kier molecular flexibility index (Phi) is 19.7. The molecule has 0 unspecified atom stereocenters. The molecule has 5 aromatic carbocycles. The SMILES string of the molecule is Cc1ccc(Cc2cn(C)cn2)cc1.Cc1cccc(C)c1Cc1cn(C)cn1.Cc1cccc(Cc2cn(C)cn2)c1.Cc1ccccc1Cc1cn(C)cn1.Cn1cnc(Cc2ccccc2Cl)c1. The Morgan fingerprint density at radius 2 is 0.746 bits per heavy atom. The van der Waals surface area contributed by atoms with E-state index in [9.17, 15) is 0 Å². The Labute approximate surface area is 426 Å². The highest BCUT2D eigenvalue weighted by molar-refractivity contribution is 6.31. The molecule has 0 aliphatic carbocycles. The number of nitrogens with zero attached hydrogens (tertiary/aromatic N) is 10. The van der Waals surface area contributed by atoms with Crippen LogP contribution < -0.4 is 0 Å². The summed E-state index contributed by atoms with van der Waals surface area (Å²) >= 11 is 6.05. The molecule has 5 heterocycles. The molecule has 0 saturated heterocycles. The molecular weight excluding hydrogens is 896 g/mol. The van der Waals surface area contributed by atoms with Crippen LogP contribution in [0.1, 0.15) is 84.1 Å². The van der Waals surface area contributed by atoms with E-state index in [1.54, 1.807) is 6.33 Å². The van der Waals surface area contributed by atoms with E-state index in [1.165, 1.54) is 50.1 Å². The molecule has 10 aromatic rings. The summed E-state index contributed by atoms with van der Waals surface area (Å²) in [6.45, 7) is 10.7. The zero-order valence-corrected chi connectivity index (χ0v) is 43.9. The second kappa shape index (κ2) is 26.4. The van der Waals surface area contributed by atoms with Gasteiger partial charge in [-0.05, 0) is 85.2 Å². The Balaban J connectivity index is 0.000000145. The van der Waals surface area contributed by atoms with E-state index in [-0.39, 0.29) is 0 Å². The summed E-state index contributed by atoms with van der Waals surface area (Å²) in [5.41, 5.74) is 18.7. The van der Waals surface area contributed by atoms with Crippen molar-refractivity contribution in [3.8, 4) is 0 Å². The van der Waals surface area contributed by atoms with Crippen molar-refractivity contribution in [1.29, 1.82) is 0 Å². The predicted octanol–water partition coefficient (Wildman–Crippen LogP) is 12.2. The number of rotatable bonds is 10. The van der Waals surface area contributed by atoms with E-state index in [1.807, 2.05) is 114 Å². The van der Waals surface area contributed by atoms with E-state index < -0.39 is 0 Å². The van der Waals surface area contributed by atoms with Gasteiger partial charge >= 0.3 is 0 Å². The fourth-order valence-electron chi connectivity index (χ4n) is 7.89. The van der Waals surface area contributed by atoms with E-state index in [4.69, 9.17) is 11.6 Å². The lowest BCUT2D eigenvalue weighted by Gasteiger charge is -2.07. The summed E-state index contributed by atoms with van der Waals surface area (Å²) in [5, 5.41) is 0.804. The van der Waals surface area contributed by atoms with E-state index in [0.717, 1.165) is 71.2 Å². The third-order valence-corrected chi connectivity index (χ3v) is 12.1. The van der Waals surface area contributed by atoms with Gasteiger partial charge in [0.25, 0.3) is 0 Å². The van der Waals surface area contributed by atoms with Crippen molar-refractivity contribution in [3.63, 3.8) is 0 Å². The summed E-state index contributed by atoms with van der Waals surface area (Å²) in [6, 6.07) is 39.8. The molecule has 0 aliphatic rings. The van der Waals surface area contributed by atoms with Crippen LogP contribution in [0.2, 0.25) is 5.02 Å². The second-order valence-electron chi connectivity index (χ2n) is 18.4. The maximum Gasteiger partial charge on any atom is 0.0946 e. The molecule has 71 heavy (non-hydrogen) atoms. The van der Waals surface area contributed by atoms with E-state index in [0.29, 0.717) is 0 Å². The molecule has 10 nitrogen and oxygen atoms in total. The Morgan fingerprint density at radius 3 is 1.20 bits per heavy atom. The maximum absolute atomic E-state index is 6.05. The van der Waals surface area contributed by atoms with Crippen LogP contribution >= 0.6 is 11.6 Å². The average molecular weight is 966 g/mol. The first kappa shape index (κ1) is 52.8. The van der Waals surface area contributed by atoms with Gasteiger partial charge in [0.15, 0.2) is 0 Å². The van der Waals surface area contributed by atoms with Gasteiger partial charge in [-0.15, -0.1) is 0 Å². The minimum absolute atomic E-state index is 0.792. The van der Waals surface area contributed by atoms with Gasteiger partial charge in [-0.2, -0.15) is 0 Å². The summed E-state index contributed by atoms with van der Waals surface area (Å²) < 4.78 is 9.86. The molecule has 0 N–H and O–H groups in total. The molecular formula is C60H69ClN10. The first-order chi connectivity index (χ1) is 34.1. The summed E-state index contributed by atoms with van der Waals surface area (Å²) in [7, 11) is 9.94. The van der Waals surface area contributed by atoms with Crippen molar-refractivity contribution >= 4 is 11.6 Å². The lowest BCUT2D eigenvalue weighted by Crippen LogP contribution is -1.95. The molecule has 0 fully saturated rings. The van der Waals surface area contributed by atoms with Crippen LogP contribution in [0.25, 0.3) is 0 Å². The van der Waals surface area contributed by atoms with Crippen molar-refractivity contribution in [2.24, 2.45) is 35.2 Å². The van der Waals surface area contributed by atoms with Crippen molar-refractivity contribution in [2.75, 3.05) is 0 Å². The highest BCUT2D eigenvalue weighted by atomic mass is 35.5. The van der Waals surface area contributed by atoms with Gasteiger partial charge in [0.2, 0.25) is 0 Å². The molecule has 0 saturated carbocycles. The molecule has 5 aromatic heterocycles. The summed E-state index contributed by atoms with van der Waals surface area (Å²) in [5.74, 6) is 0. The molecule has 366 valence electrons. The van der Waals surface area contributed by atoms with Gasteiger partial charge in [-0.3, -0.25) is 0 Å². The van der Waals surface area contributed by atoms with E-state index >= 15 is 0 Å². The van der Waals surface area contributed by atoms with Crippen molar-refractivity contribution in [1.82, 2.24) is 47.8 Å². The standard InChI is InChI=1S/C13H16N2.3C12H14N2.C11H11ClN2/c1-10-5-4-6-11(2)13(10)7-12-8-15(3)9-14-12;1-10-3-5-11(6-4-10)7-12-8-14(2)9-13-12;1-10-4-3-5-11(6-10)7-12-8-14(2)9-13-12;1-10-5-3-4-6-11(10)7-12-8-14(2)9-13-12;1-14-7-10(13-8-14)6-9-4-2-3-5-11(9)12/h4-6,8-9H,7H2,1-3H3;3*3-6,8-9H,7H2,1-2H3;2-5,7-8H,6H2,1H3. The van der Waals surface area contributed by atoms with Crippen LogP contribution in [-0.4, -0.2) is 47.8 Å². The summed E-state index contributed by atoms with van der Waals surface area (Å²) in [4.78, 5) is 21.5. The normalized spacial score (nSPS) is 10.5. The minimum Gasteiger partial charge on any atom is -0.340 e. The van der Waals surface area contributed by atoms with Gasteiger partial charge in [0.05, 0.1) is 60.1 Å². The third-order valence-electron chi connectivity index (χ3n) is 11.7. The largest absolute Gasteiger partial charge is 0.340 e. The Bertz CT molecular complexity index is 3060. The number of hydrogen-bond acceptors (Lipinski definition) is 5. The molecule has 0 amide bonds. The molecule has 0 aliphatic heterocycles. The van der Waals surface area contributed by atoms with Crippen LogP contribution in [0.3, 0.4) is 0 Å². The van der Waals surface area contributed by atoms with Crippen LogP contribution in [0.4, 0.5) is 0 Å². The van der Waals surface area contributed by atoms with Gasteiger partial charge in [-0.1, -0.05) is 132 Å². The quantitative estimate of drug-likeness (QED) is 0.136. The first-order valence-corrected chi connectivity index (χ1v) is 24.3. The van der Waals surface area contributed by atoms with Crippen LogP contribution in [-0.2, 0) is 67.3 Å². The fourth-order valence-corrected chi connectivity index (χ4v) is 8.09. The number of aryl methyl sites for hydroxylation is 10. The minimum atomic E-state index is 0.792. The monoisotopic (exact) mass is 965 g/mol. The zero-order valence-electron chi connectivity index (χ0n) is 43.1. The van der Waals surface area contributed by atoms with Crippen molar-refractivity contribution in [3.05, 3.63) is 267 Å². The lowest BCUT2D eigenvalue weighted by molar-refractivity contribution is 0.912. The van der Waals surface area contributed by atoms with Gasteiger partial charge in [0, 0.05) is 103 Å². The smallest absolute Gasteiger partial charge is 0.0946 e. The van der Waals surface area contributed by atoms with Gasteiger partial charge in [0.1, 0.15) is 0 Å². The van der Waals surface area contributed by atoms with Crippen molar-refractivity contribution in [2.45, 2.75) is 66.7 Å². The number of hydrogen-bond donors (Lipinski definition) is 0. The van der Waals surface area contributed by atoms with E-state index in [2.05, 4.69) is 175 Å². The highest BCUT2D eigenvalue weighted by Gasteiger charge is 2.06. The fraction of sp³-hybridized carbons (Fsp3) is 0.250. The Morgan fingerprint density at radius 1 is 0.352 bits per heavy atom. The van der Waals surface area contributed by atoms with Crippen molar-refractivity contribution < 1.29 is 0 Å². The van der Waals surface area contributed by atoms with Crippen LogP contribution in [0, 0.1) is 34.6 Å². The number of benzene rings is 5. The van der Waals surface area contributed by atoms with Crippen LogP contribution in [0.5, 0.6) is 0 Å². The third kappa shape index (κ3) is 17.7. The zero-order chi connectivity index (χ0) is 50.7. The molecule has 10 rings (SSSR count). The first-order valence-electron chi connectivity index (χ1n) is 23.9. The number of aromatic nitrogens is 10. The van der Waals surface area contributed by atoms with Crippen LogP contribution in [0.15, 0.2) is 178 Å². The van der Waals surface area contributed by atoms with Gasteiger partial charge < -0.3 is 22.8 Å². The molecule has 0 radical (unpaired) electrons. The second-order valence-corrected chi connectivity index (χ2v) is 18.8. The predicted molar refractivity (Wildman–Crippen MR) is 291 cm³/mol. The maximum atomic E-state index is 6.05. The Hall–Kier alpha value is -7.56. The topological polar surface area (TPSA) is 89.1 Å². The lowest BCUT2D eigenvalue weighted by atomic mass is 9.99. The molecule has 0 spiro atoms. The molecule has 11 heteroatoms.